The van der Waals surface area contributed by atoms with Gasteiger partial charge in [-0.15, -0.1) is 0 Å². The van der Waals surface area contributed by atoms with Crippen LogP contribution in [0.4, 0.5) is 0 Å². The molecule has 0 aromatic heterocycles. The van der Waals surface area contributed by atoms with Crippen LogP contribution in [0.1, 0.15) is 98.3 Å². The molecule has 1 unspecified atom stereocenters. The number of nitrogens with two attached hydrogens (primary N) is 1. The summed E-state index contributed by atoms with van der Waals surface area (Å²) >= 11 is 0. The maximum absolute atomic E-state index is 12.2. The Morgan fingerprint density at radius 2 is 1.36 bits per heavy atom. The number of carbonyl (C=O) groups is 1. The first-order valence-corrected chi connectivity index (χ1v) is 9.29. The van der Waals surface area contributed by atoms with E-state index >= 15 is 0 Å². The summed E-state index contributed by atoms with van der Waals surface area (Å²) in [5, 5.41) is 0. The Hall–Kier alpha value is -0.630. The third-order valence-electron chi connectivity index (χ3n) is 4.48. The van der Waals surface area contributed by atoms with Crippen molar-refractivity contribution in [2.45, 2.75) is 104 Å². The average Bonchev–Trinajstić information content (AvgIpc) is 2.42. The molecule has 0 saturated heterocycles. The lowest BCUT2D eigenvalue weighted by Crippen LogP contribution is -2.45. The van der Waals surface area contributed by atoms with Crippen LogP contribution >= 0.6 is 0 Å². The maximum Gasteiger partial charge on any atom is 0.162 e. The summed E-state index contributed by atoms with van der Waals surface area (Å²) in [6.07, 6.45) is 14.1. The summed E-state index contributed by atoms with van der Waals surface area (Å²) in [5.74, 6) is 0.0578. The lowest BCUT2D eigenvalue weighted by Gasteiger charge is -2.29. The molecule has 0 radical (unpaired) electrons. The first-order valence-electron chi connectivity index (χ1n) is 9.29. The zero-order chi connectivity index (χ0) is 17.0. The molecule has 0 fully saturated rings. The first-order chi connectivity index (χ1) is 10.3. The Kier molecular flexibility index (Phi) is 11.5. The zero-order valence-electron chi connectivity index (χ0n) is 15.5. The third kappa shape index (κ3) is 10.2. The number of allylic oxidation sites excluding steroid dienone is 1. The van der Waals surface area contributed by atoms with Gasteiger partial charge in [0.1, 0.15) is 0 Å². The van der Waals surface area contributed by atoms with Crippen LogP contribution in [0.25, 0.3) is 0 Å². The van der Waals surface area contributed by atoms with Crippen LogP contribution in [-0.2, 0) is 4.79 Å². The van der Waals surface area contributed by atoms with Gasteiger partial charge >= 0.3 is 0 Å². The van der Waals surface area contributed by atoms with Crippen molar-refractivity contribution in [3.8, 4) is 0 Å². The monoisotopic (exact) mass is 309 g/mol. The normalized spacial score (nSPS) is 13.1. The lowest BCUT2D eigenvalue weighted by atomic mass is 9.79. The topological polar surface area (TPSA) is 43.1 Å². The molecule has 2 N–H and O–H groups in total. The molecule has 0 aliphatic carbocycles. The Morgan fingerprint density at radius 3 is 1.73 bits per heavy atom. The van der Waals surface area contributed by atoms with E-state index in [1.807, 2.05) is 13.8 Å². The zero-order valence-corrected chi connectivity index (χ0v) is 15.5. The number of hydrogen-bond donors (Lipinski definition) is 1. The fraction of sp³-hybridized carbons (Fsp3) is 0.850. The van der Waals surface area contributed by atoms with Gasteiger partial charge in [0, 0.05) is 11.5 Å². The number of unbranched alkanes of at least 4 members (excludes halogenated alkanes) is 9. The quantitative estimate of drug-likeness (QED) is 0.326. The van der Waals surface area contributed by atoms with Crippen LogP contribution in [0.15, 0.2) is 12.2 Å². The SMILES string of the molecule is C=C(C)C(=O)C(CCCCCCCCCCCC)C(C)(C)N. The van der Waals surface area contributed by atoms with E-state index in [1.165, 1.54) is 57.8 Å². The van der Waals surface area contributed by atoms with E-state index in [9.17, 15) is 4.79 Å². The molecule has 0 bridgehead atoms. The van der Waals surface area contributed by atoms with E-state index in [0.29, 0.717) is 5.57 Å². The smallest absolute Gasteiger partial charge is 0.162 e. The van der Waals surface area contributed by atoms with Crippen molar-refractivity contribution in [2.75, 3.05) is 0 Å². The highest BCUT2D eigenvalue weighted by Gasteiger charge is 2.31. The minimum absolute atomic E-state index is 0.0842. The molecule has 0 aliphatic rings. The van der Waals surface area contributed by atoms with Crippen molar-refractivity contribution < 1.29 is 4.79 Å². The van der Waals surface area contributed by atoms with Crippen molar-refractivity contribution in [3.05, 3.63) is 12.2 Å². The highest BCUT2D eigenvalue weighted by atomic mass is 16.1. The van der Waals surface area contributed by atoms with Gasteiger partial charge < -0.3 is 5.73 Å². The lowest BCUT2D eigenvalue weighted by molar-refractivity contribution is -0.121. The largest absolute Gasteiger partial charge is 0.325 e. The van der Waals surface area contributed by atoms with Crippen molar-refractivity contribution in [2.24, 2.45) is 11.7 Å². The second kappa shape index (κ2) is 11.9. The van der Waals surface area contributed by atoms with Gasteiger partial charge in [-0.25, -0.2) is 0 Å². The number of rotatable bonds is 14. The van der Waals surface area contributed by atoms with Crippen LogP contribution in [0.5, 0.6) is 0 Å². The van der Waals surface area contributed by atoms with E-state index < -0.39 is 5.54 Å². The Morgan fingerprint density at radius 1 is 0.955 bits per heavy atom. The summed E-state index contributed by atoms with van der Waals surface area (Å²) in [7, 11) is 0. The molecule has 130 valence electrons. The van der Waals surface area contributed by atoms with E-state index in [1.54, 1.807) is 6.92 Å². The molecule has 0 amide bonds. The average molecular weight is 310 g/mol. The fourth-order valence-corrected chi connectivity index (χ4v) is 2.97. The molecular formula is C20H39NO. The molecule has 0 spiro atoms. The molecule has 0 aromatic rings. The Labute approximate surface area is 138 Å². The second-order valence-corrected chi connectivity index (χ2v) is 7.49. The summed E-state index contributed by atoms with van der Waals surface area (Å²) in [4.78, 5) is 12.2. The van der Waals surface area contributed by atoms with Crippen LogP contribution < -0.4 is 5.73 Å². The van der Waals surface area contributed by atoms with Gasteiger partial charge in [-0.1, -0.05) is 77.7 Å². The Balaban J connectivity index is 3.78. The number of hydrogen-bond acceptors (Lipinski definition) is 2. The minimum atomic E-state index is -0.449. The standard InChI is InChI=1S/C20H39NO/c1-6-7-8-9-10-11-12-13-14-15-16-18(20(4,5)21)19(22)17(2)3/h18H,2,6-16,21H2,1,3-5H3. The number of Topliss-reactive ketones (excluding diaryl/α,β-unsaturated/α-hetero) is 1. The van der Waals surface area contributed by atoms with E-state index in [2.05, 4.69) is 13.5 Å². The molecule has 0 aliphatic heterocycles. The van der Waals surface area contributed by atoms with Gasteiger partial charge in [-0.05, 0) is 32.8 Å². The summed E-state index contributed by atoms with van der Waals surface area (Å²) < 4.78 is 0. The molecule has 2 heteroatoms. The van der Waals surface area contributed by atoms with Crippen LogP contribution in [0.3, 0.4) is 0 Å². The summed E-state index contributed by atoms with van der Waals surface area (Å²) in [5.41, 5.74) is 6.36. The van der Waals surface area contributed by atoms with Gasteiger partial charge in [0.25, 0.3) is 0 Å². The third-order valence-corrected chi connectivity index (χ3v) is 4.48. The molecule has 22 heavy (non-hydrogen) atoms. The highest BCUT2D eigenvalue weighted by molar-refractivity contribution is 5.96. The molecular weight excluding hydrogens is 270 g/mol. The molecule has 0 rings (SSSR count). The van der Waals surface area contributed by atoms with Crippen LogP contribution in [0, 0.1) is 5.92 Å². The van der Waals surface area contributed by atoms with Crippen LogP contribution in [-0.4, -0.2) is 11.3 Å². The Bertz CT molecular complexity index is 314. The van der Waals surface area contributed by atoms with Crippen LogP contribution in [0.2, 0.25) is 0 Å². The van der Waals surface area contributed by atoms with Gasteiger partial charge in [0.15, 0.2) is 5.78 Å². The van der Waals surface area contributed by atoms with Gasteiger partial charge in [-0.3, -0.25) is 4.79 Å². The molecule has 0 saturated carbocycles. The molecule has 2 nitrogen and oxygen atoms in total. The van der Waals surface area contributed by atoms with Crippen molar-refractivity contribution in [1.82, 2.24) is 0 Å². The predicted octanol–water partition coefficient (Wildman–Crippen LogP) is 5.80. The summed E-state index contributed by atoms with van der Waals surface area (Å²) in [6.45, 7) is 11.7. The van der Waals surface area contributed by atoms with Crippen molar-refractivity contribution >= 4 is 5.78 Å². The molecule has 0 aromatic carbocycles. The predicted molar refractivity (Wildman–Crippen MR) is 98.0 cm³/mol. The van der Waals surface area contributed by atoms with E-state index in [0.717, 1.165) is 12.8 Å². The van der Waals surface area contributed by atoms with Gasteiger partial charge in [-0.2, -0.15) is 0 Å². The fourth-order valence-electron chi connectivity index (χ4n) is 2.97. The summed E-state index contributed by atoms with van der Waals surface area (Å²) in [6, 6.07) is 0. The highest BCUT2D eigenvalue weighted by Crippen LogP contribution is 2.24. The number of carbonyl (C=O) groups excluding carboxylic acids is 1. The molecule has 0 heterocycles. The first kappa shape index (κ1) is 21.4. The van der Waals surface area contributed by atoms with E-state index in [4.69, 9.17) is 5.73 Å². The van der Waals surface area contributed by atoms with Gasteiger partial charge in [0.05, 0.1) is 0 Å². The maximum atomic E-state index is 12.2. The van der Waals surface area contributed by atoms with Crippen molar-refractivity contribution in [3.63, 3.8) is 0 Å². The number of ketones is 1. The second-order valence-electron chi connectivity index (χ2n) is 7.49. The van der Waals surface area contributed by atoms with Gasteiger partial charge in [0.2, 0.25) is 0 Å². The van der Waals surface area contributed by atoms with E-state index in [-0.39, 0.29) is 11.7 Å². The molecule has 1 atom stereocenters. The minimum Gasteiger partial charge on any atom is -0.325 e. The van der Waals surface area contributed by atoms with Crippen molar-refractivity contribution in [1.29, 1.82) is 0 Å².